The molecule has 0 atom stereocenters. The number of nitrogens with one attached hydrogen (secondary N) is 1. The number of amides is 1. The lowest BCUT2D eigenvalue weighted by Crippen LogP contribution is -2.10. The Morgan fingerprint density at radius 2 is 1.82 bits per heavy atom. The number of aryl methyl sites for hydroxylation is 1. The van der Waals surface area contributed by atoms with Gasteiger partial charge in [0, 0.05) is 11.3 Å². The molecule has 140 valence electrons. The number of hydrogen-bond acceptors (Lipinski definition) is 5. The van der Waals surface area contributed by atoms with Crippen molar-refractivity contribution in [3.63, 3.8) is 0 Å². The van der Waals surface area contributed by atoms with Crippen LogP contribution in [0.1, 0.15) is 22.0 Å². The number of furan rings is 1. The standard InChI is InChI=1S/C22H18N2O4/c1-15-19(24-22(28-15)16-6-3-2-4-7-16)14-27-18-11-9-17(10-12-18)23-21(25)20-8-5-13-26-20/h2-13H,14H2,1H3,(H,23,25). The normalized spacial score (nSPS) is 10.6. The van der Waals surface area contributed by atoms with E-state index in [0.29, 0.717) is 23.9 Å². The van der Waals surface area contributed by atoms with Crippen molar-refractivity contribution in [1.29, 1.82) is 0 Å². The Balaban J connectivity index is 1.38. The van der Waals surface area contributed by atoms with Crippen LogP contribution in [0.3, 0.4) is 0 Å². The van der Waals surface area contributed by atoms with Gasteiger partial charge in [0.1, 0.15) is 23.8 Å². The van der Waals surface area contributed by atoms with Crippen LogP contribution in [-0.4, -0.2) is 10.9 Å². The SMILES string of the molecule is Cc1oc(-c2ccccc2)nc1COc1ccc(NC(=O)c2ccco2)cc1. The molecule has 0 radical (unpaired) electrons. The summed E-state index contributed by atoms with van der Waals surface area (Å²) in [5.41, 5.74) is 2.32. The Morgan fingerprint density at radius 1 is 1.04 bits per heavy atom. The summed E-state index contributed by atoms with van der Waals surface area (Å²) < 4.78 is 16.6. The fraction of sp³-hybridized carbons (Fsp3) is 0.0909. The fourth-order valence-corrected chi connectivity index (χ4v) is 2.65. The molecule has 2 aromatic heterocycles. The highest BCUT2D eigenvalue weighted by molar-refractivity contribution is 6.02. The van der Waals surface area contributed by atoms with Gasteiger partial charge in [0.05, 0.1) is 6.26 Å². The second-order valence-electron chi connectivity index (χ2n) is 6.13. The van der Waals surface area contributed by atoms with Crippen LogP contribution in [0.4, 0.5) is 5.69 Å². The van der Waals surface area contributed by atoms with Gasteiger partial charge in [-0.3, -0.25) is 4.79 Å². The highest BCUT2D eigenvalue weighted by atomic mass is 16.5. The van der Waals surface area contributed by atoms with Crippen molar-refractivity contribution >= 4 is 11.6 Å². The number of aromatic nitrogens is 1. The lowest BCUT2D eigenvalue weighted by atomic mass is 10.2. The van der Waals surface area contributed by atoms with Crippen molar-refractivity contribution in [2.45, 2.75) is 13.5 Å². The summed E-state index contributed by atoms with van der Waals surface area (Å²) in [5, 5.41) is 2.76. The second-order valence-corrected chi connectivity index (χ2v) is 6.13. The molecule has 1 N–H and O–H groups in total. The number of rotatable bonds is 6. The Morgan fingerprint density at radius 3 is 2.54 bits per heavy atom. The van der Waals surface area contributed by atoms with Gasteiger partial charge in [-0.25, -0.2) is 4.98 Å². The van der Waals surface area contributed by atoms with Crippen molar-refractivity contribution in [3.05, 3.63) is 90.2 Å². The van der Waals surface area contributed by atoms with Crippen LogP contribution in [0.5, 0.6) is 5.75 Å². The lowest BCUT2D eigenvalue weighted by molar-refractivity contribution is 0.0996. The van der Waals surface area contributed by atoms with Crippen molar-refractivity contribution in [2.24, 2.45) is 0 Å². The summed E-state index contributed by atoms with van der Waals surface area (Å²) in [5.74, 6) is 1.93. The molecule has 1 amide bonds. The first-order chi connectivity index (χ1) is 13.7. The van der Waals surface area contributed by atoms with Crippen molar-refractivity contribution in [3.8, 4) is 17.2 Å². The molecule has 2 aromatic carbocycles. The van der Waals surface area contributed by atoms with Gasteiger partial charge in [-0.1, -0.05) is 18.2 Å². The summed E-state index contributed by atoms with van der Waals surface area (Å²) in [7, 11) is 0. The lowest BCUT2D eigenvalue weighted by Gasteiger charge is -2.07. The molecule has 4 aromatic rings. The average molecular weight is 374 g/mol. The largest absolute Gasteiger partial charge is 0.487 e. The molecule has 0 unspecified atom stereocenters. The van der Waals surface area contributed by atoms with Gasteiger partial charge in [-0.15, -0.1) is 0 Å². The third-order valence-corrected chi connectivity index (χ3v) is 4.15. The molecule has 0 aliphatic carbocycles. The van der Waals surface area contributed by atoms with Gasteiger partial charge in [-0.05, 0) is 55.5 Å². The van der Waals surface area contributed by atoms with Crippen LogP contribution in [-0.2, 0) is 6.61 Å². The molecule has 6 heteroatoms. The average Bonchev–Trinajstić information content (AvgIpc) is 3.38. The molecule has 0 saturated heterocycles. The van der Waals surface area contributed by atoms with Gasteiger partial charge in [-0.2, -0.15) is 0 Å². The number of oxazole rings is 1. The smallest absolute Gasteiger partial charge is 0.291 e. The van der Waals surface area contributed by atoms with E-state index in [1.807, 2.05) is 37.3 Å². The van der Waals surface area contributed by atoms with Crippen molar-refractivity contribution in [2.75, 3.05) is 5.32 Å². The van der Waals surface area contributed by atoms with E-state index >= 15 is 0 Å². The fourth-order valence-electron chi connectivity index (χ4n) is 2.65. The van der Waals surface area contributed by atoms with Gasteiger partial charge in [0.25, 0.3) is 5.91 Å². The number of carbonyl (C=O) groups is 1. The zero-order chi connectivity index (χ0) is 19.3. The summed E-state index contributed by atoms with van der Waals surface area (Å²) in [4.78, 5) is 16.5. The number of hydrogen-bond donors (Lipinski definition) is 1. The van der Waals surface area contributed by atoms with E-state index in [4.69, 9.17) is 13.6 Å². The maximum absolute atomic E-state index is 12.0. The van der Waals surface area contributed by atoms with E-state index in [2.05, 4.69) is 10.3 Å². The van der Waals surface area contributed by atoms with E-state index in [9.17, 15) is 4.79 Å². The molecular weight excluding hydrogens is 356 g/mol. The molecule has 0 spiro atoms. The topological polar surface area (TPSA) is 77.5 Å². The molecule has 0 aliphatic rings. The summed E-state index contributed by atoms with van der Waals surface area (Å²) in [6.45, 7) is 2.16. The maximum Gasteiger partial charge on any atom is 0.291 e. The molecule has 6 nitrogen and oxygen atoms in total. The molecule has 0 bridgehead atoms. The molecule has 0 fully saturated rings. The molecule has 0 aliphatic heterocycles. The Kier molecular flexibility index (Phi) is 4.93. The van der Waals surface area contributed by atoms with Crippen LogP contribution in [0, 0.1) is 6.92 Å². The zero-order valence-corrected chi connectivity index (χ0v) is 15.2. The number of anilines is 1. The minimum atomic E-state index is -0.301. The Hall–Kier alpha value is -3.80. The molecule has 28 heavy (non-hydrogen) atoms. The summed E-state index contributed by atoms with van der Waals surface area (Å²) >= 11 is 0. The van der Waals surface area contributed by atoms with Gasteiger partial charge in [0.15, 0.2) is 5.76 Å². The van der Waals surface area contributed by atoms with E-state index in [1.54, 1.807) is 36.4 Å². The number of carbonyl (C=O) groups excluding carboxylic acids is 1. The van der Waals surface area contributed by atoms with Crippen LogP contribution >= 0.6 is 0 Å². The number of benzene rings is 2. The highest BCUT2D eigenvalue weighted by Gasteiger charge is 2.12. The predicted octanol–water partition coefficient (Wildman–Crippen LogP) is 5.07. The van der Waals surface area contributed by atoms with Crippen molar-refractivity contribution in [1.82, 2.24) is 4.98 Å². The molecular formula is C22H18N2O4. The van der Waals surface area contributed by atoms with E-state index in [-0.39, 0.29) is 11.7 Å². The summed E-state index contributed by atoms with van der Waals surface area (Å²) in [6.07, 6.45) is 1.46. The van der Waals surface area contributed by atoms with E-state index in [1.165, 1.54) is 6.26 Å². The van der Waals surface area contributed by atoms with Crippen LogP contribution < -0.4 is 10.1 Å². The van der Waals surface area contributed by atoms with E-state index in [0.717, 1.165) is 17.0 Å². The van der Waals surface area contributed by atoms with Gasteiger partial charge < -0.3 is 18.9 Å². The zero-order valence-electron chi connectivity index (χ0n) is 15.2. The number of ether oxygens (including phenoxy) is 1. The van der Waals surface area contributed by atoms with Crippen molar-refractivity contribution < 1.29 is 18.4 Å². The minimum Gasteiger partial charge on any atom is -0.487 e. The predicted molar refractivity (Wildman–Crippen MR) is 104 cm³/mol. The third kappa shape index (κ3) is 3.96. The monoisotopic (exact) mass is 374 g/mol. The Labute approximate surface area is 161 Å². The molecule has 4 rings (SSSR count). The molecule has 0 saturated carbocycles. The second kappa shape index (κ2) is 7.84. The first-order valence-electron chi connectivity index (χ1n) is 8.78. The number of nitrogens with zero attached hydrogens (tertiary/aromatic N) is 1. The highest BCUT2D eigenvalue weighted by Crippen LogP contribution is 2.23. The summed E-state index contributed by atoms with van der Waals surface area (Å²) in [6, 6.07) is 20.1. The third-order valence-electron chi connectivity index (χ3n) is 4.15. The van der Waals surface area contributed by atoms with E-state index < -0.39 is 0 Å². The van der Waals surface area contributed by atoms with Crippen LogP contribution in [0.25, 0.3) is 11.5 Å². The van der Waals surface area contributed by atoms with Crippen LogP contribution in [0.15, 0.2) is 81.8 Å². The quantitative estimate of drug-likeness (QED) is 0.509. The van der Waals surface area contributed by atoms with Gasteiger partial charge in [0.2, 0.25) is 5.89 Å². The van der Waals surface area contributed by atoms with Crippen LogP contribution in [0.2, 0.25) is 0 Å². The minimum absolute atomic E-state index is 0.260. The maximum atomic E-state index is 12.0. The molecule has 2 heterocycles. The Bertz CT molecular complexity index is 1050. The first kappa shape index (κ1) is 17.6. The van der Waals surface area contributed by atoms with Gasteiger partial charge >= 0.3 is 0 Å². The first-order valence-corrected chi connectivity index (χ1v) is 8.78.